The molecule has 0 aromatic heterocycles. The number of benzene rings is 1. The van der Waals surface area contributed by atoms with Crippen molar-refractivity contribution in [3.63, 3.8) is 0 Å². The van der Waals surface area contributed by atoms with E-state index in [0.717, 1.165) is 24.2 Å². The van der Waals surface area contributed by atoms with E-state index in [2.05, 4.69) is 24.5 Å². The molecule has 0 saturated carbocycles. The van der Waals surface area contributed by atoms with Gasteiger partial charge in [0, 0.05) is 24.2 Å². The minimum absolute atomic E-state index is 0.0101. The molecule has 5 heteroatoms. The molecule has 5 nitrogen and oxygen atoms in total. The fourth-order valence-electron chi connectivity index (χ4n) is 1.97. The quantitative estimate of drug-likeness (QED) is 0.724. The van der Waals surface area contributed by atoms with E-state index in [0.29, 0.717) is 24.0 Å². The molecule has 118 valence electrons. The lowest BCUT2D eigenvalue weighted by Gasteiger charge is -2.14. The molecule has 0 saturated heterocycles. The van der Waals surface area contributed by atoms with Gasteiger partial charge < -0.3 is 20.1 Å². The number of nitrogens with one attached hydrogen (secondary N) is 2. The molecular formula is C16H26N2O3. The van der Waals surface area contributed by atoms with Crippen molar-refractivity contribution >= 4 is 11.6 Å². The van der Waals surface area contributed by atoms with Gasteiger partial charge in [0.25, 0.3) is 0 Å². The highest BCUT2D eigenvalue weighted by atomic mass is 16.5. The van der Waals surface area contributed by atoms with Crippen LogP contribution in [0, 0.1) is 6.92 Å². The van der Waals surface area contributed by atoms with Crippen LogP contribution < -0.4 is 20.1 Å². The zero-order valence-electron chi connectivity index (χ0n) is 13.6. The van der Waals surface area contributed by atoms with Gasteiger partial charge in [-0.25, -0.2) is 0 Å². The second kappa shape index (κ2) is 8.52. The minimum atomic E-state index is 0.0101. The monoisotopic (exact) mass is 294 g/mol. The smallest absolute Gasteiger partial charge is 0.224 e. The summed E-state index contributed by atoms with van der Waals surface area (Å²) in [6, 6.07) is 4.09. The molecule has 0 aliphatic heterocycles. The summed E-state index contributed by atoms with van der Waals surface area (Å²) < 4.78 is 10.5. The van der Waals surface area contributed by atoms with E-state index in [1.165, 1.54) is 0 Å². The van der Waals surface area contributed by atoms with Crippen LogP contribution >= 0.6 is 0 Å². The van der Waals surface area contributed by atoms with Crippen molar-refractivity contribution in [2.45, 2.75) is 39.7 Å². The van der Waals surface area contributed by atoms with Gasteiger partial charge in [0.2, 0.25) is 5.91 Å². The molecule has 1 amide bonds. The van der Waals surface area contributed by atoms with Crippen molar-refractivity contribution in [1.82, 2.24) is 5.32 Å². The zero-order valence-corrected chi connectivity index (χ0v) is 13.6. The molecule has 0 unspecified atom stereocenters. The normalized spacial score (nSPS) is 10.6. The summed E-state index contributed by atoms with van der Waals surface area (Å²) in [7, 11) is 3.17. The molecule has 0 fully saturated rings. The minimum Gasteiger partial charge on any atom is -0.493 e. The average Bonchev–Trinajstić information content (AvgIpc) is 2.45. The maximum absolute atomic E-state index is 12.0. The molecule has 1 aromatic rings. The Balaban J connectivity index is 2.59. The van der Waals surface area contributed by atoms with E-state index in [-0.39, 0.29) is 5.91 Å². The van der Waals surface area contributed by atoms with Crippen LogP contribution in [0.25, 0.3) is 0 Å². The summed E-state index contributed by atoms with van der Waals surface area (Å²) in [5.41, 5.74) is 1.70. The molecule has 2 N–H and O–H groups in total. The largest absolute Gasteiger partial charge is 0.493 e. The first-order valence-corrected chi connectivity index (χ1v) is 7.23. The van der Waals surface area contributed by atoms with Crippen molar-refractivity contribution in [2.24, 2.45) is 0 Å². The Kier molecular flexibility index (Phi) is 7.02. The number of ether oxygens (including phenoxy) is 2. The van der Waals surface area contributed by atoms with Gasteiger partial charge in [-0.05, 0) is 31.5 Å². The molecular weight excluding hydrogens is 268 g/mol. The number of hydrogen-bond acceptors (Lipinski definition) is 4. The third kappa shape index (κ3) is 5.63. The molecule has 0 radical (unpaired) electrons. The summed E-state index contributed by atoms with van der Waals surface area (Å²) in [5, 5.41) is 6.21. The number of carbonyl (C=O) groups excluding carboxylic acids is 1. The van der Waals surface area contributed by atoms with Crippen LogP contribution in [0.4, 0.5) is 5.69 Å². The molecule has 0 aliphatic carbocycles. The maximum atomic E-state index is 12.0. The van der Waals surface area contributed by atoms with Gasteiger partial charge in [0.1, 0.15) is 0 Å². The van der Waals surface area contributed by atoms with Gasteiger partial charge in [-0.3, -0.25) is 4.79 Å². The highest BCUT2D eigenvalue weighted by molar-refractivity contribution is 5.92. The second-order valence-corrected chi connectivity index (χ2v) is 5.28. The third-order valence-electron chi connectivity index (χ3n) is 3.14. The summed E-state index contributed by atoms with van der Waals surface area (Å²) >= 11 is 0. The van der Waals surface area contributed by atoms with Gasteiger partial charge >= 0.3 is 0 Å². The standard InChI is InChI=1S/C16H26N2O3/c1-11(2)17-8-6-7-16(19)18-13-10-15(21-5)14(20-4)9-12(13)3/h9-11,17H,6-8H2,1-5H3,(H,18,19). The van der Waals surface area contributed by atoms with Crippen molar-refractivity contribution in [1.29, 1.82) is 0 Å². The molecule has 0 spiro atoms. The van der Waals surface area contributed by atoms with Crippen molar-refractivity contribution in [3.8, 4) is 11.5 Å². The first-order valence-electron chi connectivity index (χ1n) is 7.23. The summed E-state index contributed by atoms with van der Waals surface area (Å²) in [6.45, 7) is 6.95. The highest BCUT2D eigenvalue weighted by Crippen LogP contribution is 2.32. The Morgan fingerprint density at radius 3 is 2.38 bits per heavy atom. The SMILES string of the molecule is COc1cc(C)c(NC(=O)CCCNC(C)C)cc1OC. The Morgan fingerprint density at radius 1 is 1.19 bits per heavy atom. The Labute approximate surface area is 127 Å². The number of carbonyl (C=O) groups is 1. The predicted octanol–water partition coefficient (Wildman–Crippen LogP) is 2.73. The van der Waals surface area contributed by atoms with E-state index in [1.807, 2.05) is 13.0 Å². The number of methoxy groups -OCH3 is 2. The maximum Gasteiger partial charge on any atom is 0.224 e. The van der Waals surface area contributed by atoms with Crippen LogP contribution in [0.2, 0.25) is 0 Å². The van der Waals surface area contributed by atoms with Crippen LogP contribution in [-0.2, 0) is 4.79 Å². The van der Waals surface area contributed by atoms with Crippen LogP contribution in [0.15, 0.2) is 12.1 Å². The van der Waals surface area contributed by atoms with Gasteiger partial charge in [0.05, 0.1) is 14.2 Å². The first kappa shape index (κ1) is 17.3. The molecule has 1 rings (SSSR count). The molecule has 21 heavy (non-hydrogen) atoms. The van der Waals surface area contributed by atoms with E-state index >= 15 is 0 Å². The molecule has 0 atom stereocenters. The van der Waals surface area contributed by atoms with Gasteiger partial charge in [-0.15, -0.1) is 0 Å². The fourth-order valence-corrected chi connectivity index (χ4v) is 1.97. The van der Waals surface area contributed by atoms with Gasteiger partial charge in [-0.2, -0.15) is 0 Å². The molecule has 0 bridgehead atoms. The fraction of sp³-hybridized carbons (Fsp3) is 0.562. The Hall–Kier alpha value is -1.75. The second-order valence-electron chi connectivity index (χ2n) is 5.28. The number of anilines is 1. The van der Waals surface area contributed by atoms with Crippen LogP contribution in [-0.4, -0.2) is 32.7 Å². The third-order valence-corrected chi connectivity index (χ3v) is 3.14. The Bertz CT molecular complexity index is 473. The van der Waals surface area contributed by atoms with E-state index < -0.39 is 0 Å². The van der Waals surface area contributed by atoms with Crippen LogP contribution in [0.5, 0.6) is 11.5 Å². The van der Waals surface area contributed by atoms with Crippen LogP contribution in [0.1, 0.15) is 32.3 Å². The lowest BCUT2D eigenvalue weighted by atomic mass is 10.1. The zero-order chi connectivity index (χ0) is 15.8. The van der Waals surface area contributed by atoms with Gasteiger partial charge in [-0.1, -0.05) is 13.8 Å². The summed E-state index contributed by atoms with van der Waals surface area (Å²) in [6.07, 6.45) is 1.31. The van der Waals surface area contributed by atoms with Crippen molar-refractivity contribution in [3.05, 3.63) is 17.7 Å². The Morgan fingerprint density at radius 2 is 1.81 bits per heavy atom. The topological polar surface area (TPSA) is 59.6 Å². The number of aryl methyl sites for hydroxylation is 1. The molecule has 0 heterocycles. The van der Waals surface area contributed by atoms with E-state index in [4.69, 9.17) is 9.47 Å². The predicted molar refractivity (Wildman–Crippen MR) is 85.3 cm³/mol. The average molecular weight is 294 g/mol. The first-order chi connectivity index (χ1) is 9.97. The van der Waals surface area contributed by atoms with E-state index in [1.54, 1.807) is 20.3 Å². The lowest BCUT2D eigenvalue weighted by Crippen LogP contribution is -2.24. The lowest BCUT2D eigenvalue weighted by molar-refractivity contribution is -0.116. The van der Waals surface area contributed by atoms with Gasteiger partial charge in [0.15, 0.2) is 11.5 Å². The number of hydrogen-bond donors (Lipinski definition) is 2. The number of amides is 1. The van der Waals surface area contributed by atoms with Crippen LogP contribution in [0.3, 0.4) is 0 Å². The summed E-state index contributed by atoms with van der Waals surface area (Å²) in [4.78, 5) is 12.0. The van der Waals surface area contributed by atoms with E-state index in [9.17, 15) is 4.79 Å². The molecule has 0 aliphatic rings. The van der Waals surface area contributed by atoms with Crippen molar-refractivity contribution < 1.29 is 14.3 Å². The molecule has 1 aromatic carbocycles. The number of rotatable bonds is 8. The highest BCUT2D eigenvalue weighted by Gasteiger charge is 2.10. The van der Waals surface area contributed by atoms with Crippen molar-refractivity contribution in [2.75, 3.05) is 26.1 Å². The summed E-state index contributed by atoms with van der Waals surface area (Å²) in [5.74, 6) is 1.28.